The molecule has 24 heavy (non-hydrogen) atoms. The van der Waals surface area contributed by atoms with Crippen molar-refractivity contribution in [2.24, 2.45) is 5.92 Å². The molecule has 1 aliphatic rings. The Bertz CT molecular complexity index is 757. The van der Waals surface area contributed by atoms with Crippen LogP contribution in [-0.2, 0) is 4.79 Å². The van der Waals surface area contributed by atoms with Crippen LogP contribution in [-0.4, -0.2) is 22.0 Å². The van der Waals surface area contributed by atoms with Crippen molar-refractivity contribution in [3.05, 3.63) is 51.5 Å². The highest BCUT2D eigenvalue weighted by atomic mass is 32.1. The lowest BCUT2D eigenvalue weighted by Crippen LogP contribution is -2.26. The van der Waals surface area contributed by atoms with Crippen molar-refractivity contribution in [2.45, 2.75) is 38.6 Å². The van der Waals surface area contributed by atoms with E-state index < -0.39 is 5.97 Å². The zero-order chi connectivity index (χ0) is 17.3. The van der Waals surface area contributed by atoms with Gasteiger partial charge in [0.15, 0.2) is 0 Å². The number of rotatable bonds is 6. The molecule has 0 radical (unpaired) electrons. The fraction of sp³-hybridized carbons (Fsp3) is 0.389. The van der Waals surface area contributed by atoms with Gasteiger partial charge in [0.1, 0.15) is 9.88 Å². The highest BCUT2D eigenvalue weighted by Gasteiger charge is 2.39. The van der Waals surface area contributed by atoms with Gasteiger partial charge in [0, 0.05) is 6.42 Å². The number of hydrogen-bond donors (Lipinski definition) is 2. The van der Waals surface area contributed by atoms with Gasteiger partial charge >= 0.3 is 5.97 Å². The Kier molecular flexibility index (Phi) is 4.66. The van der Waals surface area contributed by atoms with Crippen molar-refractivity contribution >= 4 is 23.2 Å². The van der Waals surface area contributed by atoms with Crippen LogP contribution >= 0.6 is 11.3 Å². The van der Waals surface area contributed by atoms with Gasteiger partial charge in [-0.05, 0) is 37.7 Å². The van der Waals surface area contributed by atoms with Gasteiger partial charge in [-0.25, -0.2) is 9.78 Å². The second-order valence-corrected chi connectivity index (χ2v) is 7.31. The Morgan fingerprint density at radius 1 is 1.38 bits per heavy atom. The summed E-state index contributed by atoms with van der Waals surface area (Å²) in [6, 6.07) is 9.99. The first-order chi connectivity index (χ1) is 11.5. The summed E-state index contributed by atoms with van der Waals surface area (Å²) in [5.41, 5.74) is 1.79. The number of carbonyl (C=O) groups is 2. The number of aryl methyl sites for hydroxylation is 1. The molecule has 1 heterocycles. The number of benzene rings is 1. The maximum atomic E-state index is 12.2. The number of carboxylic acid groups (broad SMARTS) is 1. The molecule has 1 amide bonds. The van der Waals surface area contributed by atoms with Gasteiger partial charge in [-0.1, -0.05) is 30.3 Å². The van der Waals surface area contributed by atoms with E-state index in [0.717, 1.165) is 17.8 Å². The molecular weight excluding hydrogens is 324 g/mol. The molecule has 6 heteroatoms. The van der Waals surface area contributed by atoms with E-state index in [-0.39, 0.29) is 16.8 Å². The molecule has 1 aliphatic carbocycles. The first kappa shape index (κ1) is 16.6. The van der Waals surface area contributed by atoms with Crippen molar-refractivity contribution in [3.63, 3.8) is 0 Å². The number of nitrogens with zero attached hydrogens (tertiary/aromatic N) is 1. The lowest BCUT2D eigenvalue weighted by atomic mass is 10.1. The molecule has 1 aromatic heterocycles. The van der Waals surface area contributed by atoms with E-state index in [1.54, 1.807) is 6.92 Å². The zero-order valence-corrected chi connectivity index (χ0v) is 14.5. The minimum absolute atomic E-state index is 0.00402. The molecule has 1 aromatic carbocycles. The first-order valence-corrected chi connectivity index (χ1v) is 8.82. The zero-order valence-electron chi connectivity index (χ0n) is 13.7. The van der Waals surface area contributed by atoms with E-state index in [2.05, 4.69) is 22.4 Å². The molecule has 2 N–H and O–H groups in total. The van der Waals surface area contributed by atoms with Crippen LogP contribution in [0.3, 0.4) is 0 Å². The molecule has 0 bridgehead atoms. The average Bonchev–Trinajstić information content (AvgIpc) is 3.18. The highest BCUT2D eigenvalue weighted by Crippen LogP contribution is 2.49. The summed E-state index contributed by atoms with van der Waals surface area (Å²) in [6.07, 6.45) is 1.55. The Balaban J connectivity index is 1.54. The number of carboxylic acids is 1. The molecule has 1 unspecified atom stereocenters. The Morgan fingerprint density at radius 2 is 2.08 bits per heavy atom. The average molecular weight is 344 g/mol. The number of thiazole rings is 1. The molecule has 0 aliphatic heterocycles. The molecule has 5 nitrogen and oxygen atoms in total. The Morgan fingerprint density at radius 3 is 2.71 bits per heavy atom. The van der Waals surface area contributed by atoms with E-state index in [4.69, 9.17) is 5.11 Å². The topological polar surface area (TPSA) is 79.3 Å². The third kappa shape index (κ3) is 3.64. The van der Waals surface area contributed by atoms with Crippen LogP contribution < -0.4 is 5.32 Å². The molecule has 2 aromatic rings. The molecular formula is C18H20N2O3S. The smallest absolute Gasteiger partial charge is 0.347 e. The van der Waals surface area contributed by atoms with Gasteiger partial charge in [-0.3, -0.25) is 4.79 Å². The predicted octanol–water partition coefficient (Wildman–Crippen LogP) is 3.52. The number of aromatic carboxylic acids is 1. The van der Waals surface area contributed by atoms with Crippen LogP contribution in [0, 0.1) is 12.8 Å². The molecule has 1 saturated carbocycles. The van der Waals surface area contributed by atoms with E-state index in [9.17, 15) is 9.59 Å². The summed E-state index contributed by atoms with van der Waals surface area (Å²) in [5, 5.41) is 12.7. The molecule has 3 atom stereocenters. The minimum atomic E-state index is -0.974. The highest BCUT2D eigenvalue weighted by molar-refractivity contribution is 7.13. The van der Waals surface area contributed by atoms with Crippen molar-refractivity contribution < 1.29 is 14.7 Å². The predicted molar refractivity (Wildman–Crippen MR) is 92.3 cm³/mol. The third-order valence-corrected chi connectivity index (χ3v) is 5.68. The standard InChI is InChI=1S/C18H20N2O3S/c1-10-16(18(22)23)24-17(20-10)11(2)19-15(21)9-13-8-14(13)12-6-4-3-5-7-12/h3-7,11,13-14H,8-9H2,1-2H3,(H,19,21)(H,22,23)/t11?,13-,14-/m0/s1. The monoisotopic (exact) mass is 344 g/mol. The number of amides is 1. The van der Waals surface area contributed by atoms with Crippen molar-refractivity contribution in [3.8, 4) is 0 Å². The lowest BCUT2D eigenvalue weighted by molar-refractivity contribution is -0.122. The van der Waals surface area contributed by atoms with Crippen LogP contribution in [0.5, 0.6) is 0 Å². The van der Waals surface area contributed by atoms with E-state index in [0.29, 0.717) is 29.0 Å². The number of carbonyl (C=O) groups excluding carboxylic acids is 1. The molecule has 3 rings (SSSR count). The van der Waals surface area contributed by atoms with Crippen LogP contribution in [0.2, 0.25) is 0 Å². The second-order valence-electron chi connectivity index (χ2n) is 6.28. The summed E-state index contributed by atoms with van der Waals surface area (Å²) >= 11 is 1.12. The molecule has 0 saturated heterocycles. The van der Waals surface area contributed by atoms with Crippen LogP contribution in [0.25, 0.3) is 0 Å². The Labute approximate surface area is 144 Å². The van der Waals surface area contributed by atoms with Crippen molar-refractivity contribution in [2.75, 3.05) is 0 Å². The maximum Gasteiger partial charge on any atom is 0.347 e. The summed E-state index contributed by atoms with van der Waals surface area (Å²) in [6.45, 7) is 3.51. The lowest BCUT2D eigenvalue weighted by Gasteiger charge is -2.11. The third-order valence-electron chi connectivity index (χ3n) is 4.35. The van der Waals surface area contributed by atoms with E-state index in [1.807, 2.05) is 25.1 Å². The largest absolute Gasteiger partial charge is 0.477 e. The van der Waals surface area contributed by atoms with Gasteiger partial charge in [-0.15, -0.1) is 11.3 Å². The quantitative estimate of drug-likeness (QED) is 0.840. The van der Waals surface area contributed by atoms with E-state index in [1.165, 1.54) is 5.56 Å². The summed E-state index contributed by atoms with van der Waals surface area (Å²) in [4.78, 5) is 27.8. The minimum Gasteiger partial charge on any atom is -0.477 e. The second kappa shape index (κ2) is 6.73. The van der Waals surface area contributed by atoms with E-state index >= 15 is 0 Å². The molecule has 0 spiro atoms. The molecule has 126 valence electrons. The summed E-state index contributed by atoms with van der Waals surface area (Å²) in [5.74, 6) is -0.102. The van der Waals surface area contributed by atoms with Gasteiger partial charge in [-0.2, -0.15) is 0 Å². The van der Waals surface area contributed by atoms with Gasteiger partial charge in [0.2, 0.25) is 5.91 Å². The number of aromatic nitrogens is 1. The summed E-state index contributed by atoms with van der Waals surface area (Å²) < 4.78 is 0. The van der Waals surface area contributed by atoms with Crippen molar-refractivity contribution in [1.29, 1.82) is 0 Å². The van der Waals surface area contributed by atoms with Gasteiger partial charge in [0.25, 0.3) is 0 Å². The fourth-order valence-corrected chi connectivity index (χ4v) is 3.89. The first-order valence-electron chi connectivity index (χ1n) is 8.00. The van der Waals surface area contributed by atoms with Crippen LogP contribution in [0.1, 0.15) is 57.7 Å². The summed E-state index contributed by atoms with van der Waals surface area (Å²) in [7, 11) is 0. The normalized spacial score (nSPS) is 20.4. The SMILES string of the molecule is Cc1nc(C(C)NC(=O)C[C@@H]2C[C@H]2c2ccccc2)sc1C(=O)O. The Hall–Kier alpha value is -2.21. The van der Waals surface area contributed by atoms with Crippen molar-refractivity contribution in [1.82, 2.24) is 10.3 Å². The fourth-order valence-electron chi connectivity index (χ4n) is 2.98. The van der Waals surface area contributed by atoms with Crippen LogP contribution in [0.15, 0.2) is 30.3 Å². The van der Waals surface area contributed by atoms with Gasteiger partial charge in [0.05, 0.1) is 11.7 Å². The molecule has 1 fully saturated rings. The maximum absolute atomic E-state index is 12.2. The van der Waals surface area contributed by atoms with Gasteiger partial charge < -0.3 is 10.4 Å². The number of nitrogens with one attached hydrogen (secondary N) is 1. The number of hydrogen-bond acceptors (Lipinski definition) is 4. The van der Waals surface area contributed by atoms with Crippen LogP contribution in [0.4, 0.5) is 0 Å².